The fourth-order valence-electron chi connectivity index (χ4n) is 1.76. The van der Waals surface area contributed by atoms with E-state index in [9.17, 15) is 9.90 Å². The van der Waals surface area contributed by atoms with Gasteiger partial charge in [0, 0.05) is 6.54 Å². The van der Waals surface area contributed by atoms with E-state index in [1.165, 1.54) is 11.3 Å². The van der Waals surface area contributed by atoms with Crippen LogP contribution in [-0.2, 0) is 4.79 Å². The van der Waals surface area contributed by atoms with Gasteiger partial charge in [-0.15, -0.1) is 11.3 Å². The summed E-state index contributed by atoms with van der Waals surface area (Å²) in [5.41, 5.74) is 0. The molecule has 0 aromatic carbocycles. The Hall–Kier alpha value is -1.51. The third-order valence-electron chi connectivity index (χ3n) is 2.78. The highest BCUT2D eigenvalue weighted by molar-refractivity contribution is 7.71. The van der Waals surface area contributed by atoms with Crippen LogP contribution in [0.5, 0.6) is 0 Å². The van der Waals surface area contributed by atoms with Crippen LogP contribution in [0.25, 0.3) is 10.7 Å². The second-order valence-corrected chi connectivity index (χ2v) is 5.80. The summed E-state index contributed by atoms with van der Waals surface area (Å²) in [6, 6.07) is 3.34. The first-order valence-electron chi connectivity index (χ1n) is 6.17. The van der Waals surface area contributed by atoms with Gasteiger partial charge in [-0.1, -0.05) is 6.07 Å². The molecule has 2 atom stereocenters. The van der Waals surface area contributed by atoms with Crippen LogP contribution in [0.1, 0.15) is 19.9 Å². The smallest absolute Gasteiger partial charge is 0.243 e. The van der Waals surface area contributed by atoms with Crippen LogP contribution in [-0.4, -0.2) is 38.4 Å². The molecule has 108 valence electrons. The lowest BCUT2D eigenvalue weighted by Gasteiger charge is -2.15. The molecule has 2 aromatic heterocycles. The molecule has 2 aromatic rings. The number of aromatic nitrogens is 3. The first kappa shape index (κ1) is 14.9. The monoisotopic (exact) mass is 312 g/mol. The molecule has 20 heavy (non-hydrogen) atoms. The molecule has 0 saturated heterocycles. The van der Waals surface area contributed by atoms with Crippen LogP contribution < -0.4 is 5.32 Å². The minimum absolute atomic E-state index is 0.207. The van der Waals surface area contributed by atoms with Gasteiger partial charge in [0.15, 0.2) is 10.6 Å². The molecular weight excluding hydrogens is 296 g/mol. The number of aliphatic hydroxyl groups excluding tert-OH is 1. The third-order valence-corrected chi connectivity index (χ3v) is 3.94. The predicted molar refractivity (Wildman–Crippen MR) is 80.1 cm³/mol. The van der Waals surface area contributed by atoms with Crippen molar-refractivity contribution in [2.24, 2.45) is 0 Å². The van der Waals surface area contributed by atoms with Crippen molar-refractivity contribution >= 4 is 29.5 Å². The van der Waals surface area contributed by atoms with E-state index < -0.39 is 12.1 Å². The molecule has 0 bridgehead atoms. The molecule has 0 aliphatic rings. The predicted octanol–water partition coefficient (Wildman–Crippen LogP) is 1.73. The molecule has 2 rings (SSSR count). The quantitative estimate of drug-likeness (QED) is 0.734. The summed E-state index contributed by atoms with van der Waals surface area (Å²) in [6.07, 6.45) is -0.583. The number of thiophene rings is 1. The van der Waals surface area contributed by atoms with Gasteiger partial charge in [-0.3, -0.25) is 14.5 Å². The Kier molecular flexibility index (Phi) is 4.69. The summed E-state index contributed by atoms with van der Waals surface area (Å²) in [6.45, 7) is 3.58. The summed E-state index contributed by atoms with van der Waals surface area (Å²) in [5, 5.41) is 20.7. The second-order valence-electron chi connectivity index (χ2n) is 4.47. The zero-order valence-corrected chi connectivity index (χ0v) is 12.8. The fraction of sp³-hybridized carbons (Fsp3) is 0.417. The Morgan fingerprint density at radius 3 is 3.00 bits per heavy atom. The Balaban J connectivity index is 2.26. The highest BCUT2D eigenvalue weighted by atomic mass is 32.1. The van der Waals surface area contributed by atoms with Crippen molar-refractivity contribution in [3.8, 4) is 10.7 Å². The number of rotatable bonds is 5. The maximum absolute atomic E-state index is 12.1. The van der Waals surface area contributed by atoms with E-state index in [2.05, 4.69) is 15.5 Å². The number of carbonyl (C=O) groups is 1. The number of aromatic amines is 1. The number of hydrogen-bond acceptors (Lipinski definition) is 5. The van der Waals surface area contributed by atoms with Crippen molar-refractivity contribution in [1.82, 2.24) is 20.1 Å². The number of H-pyrrole nitrogens is 1. The summed E-state index contributed by atoms with van der Waals surface area (Å²) >= 11 is 6.73. The molecule has 8 heteroatoms. The lowest BCUT2D eigenvalue weighted by molar-refractivity contribution is -0.124. The van der Waals surface area contributed by atoms with Crippen molar-refractivity contribution in [2.75, 3.05) is 6.54 Å². The van der Waals surface area contributed by atoms with E-state index >= 15 is 0 Å². The van der Waals surface area contributed by atoms with Gasteiger partial charge in [-0.05, 0) is 37.5 Å². The van der Waals surface area contributed by atoms with Gasteiger partial charge in [0.25, 0.3) is 0 Å². The number of nitrogens with one attached hydrogen (secondary N) is 2. The van der Waals surface area contributed by atoms with Crippen molar-refractivity contribution in [1.29, 1.82) is 0 Å². The number of amides is 1. The van der Waals surface area contributed by atoms with Crippen LogP contribution in [0.15, 0.2) is 17.5 Å². The fourth-order valence-corrected chi connectivity index (χ4v) is 2.76. The topological polar surface area (TPSA) is 82.9 Å². The molecule has 0 unspecified atom stereocenters. The van der Waals surface area contributed by atoms with Crippen LogP contribution in [0, 0.1) is 4.77 Å². The molecule has 6 nitrogen and oxygen atoms in total. The maximum Gasteiger partial charge on any atom is 0.243 e. The van der Waals surface area contributed by atoms with Gasteiger partial charge in [-0.25, -0.2) is 0 Å². The highest BCUT2D eigenvalue weighted by Crippen LogP contribution is 2.25. The molecule has 1 amide bonds. The van der Waals surface area contributed by atoms with Gasteiger partial charge in [0.2, 0.25) is 5.91 Å². The van der Waals surface area contributed by atoms with E-state index in [1.807, 2.05) is 17.5 Å². The van der Waals surface area contributed by atoms with E-state index in [1.54, 1.807) is 18.4 Å². The summed E-state index contributed by atoms with van der Waals surface area (Å²) in [4.78, 5) is 13.0. The second kappa shape index (κ2) is 6.29. The lowest BCUT2D eigenvalue weighted by atomic mass is 10.3. The van der Waals surface area contributed by atoms with Crippen LogP contribution in [0.3, 0.4) is 0 Å². The standard InChI is InChI=1S/C12H16N4O2S2/c1-7(17)6-13-11(18)8(2)16-10(14-15-12(16)19)9-4-3-5-20-9/h3-5,7-8,17H,6H2,1-2H3,(H,13,18)(H,15,19)/t7-,8-/m0/s1. The summed E-state index contributed by atoms with van der Waals surface area (Å²) in [5.74, 6) is 0.436. The molecule has 2 heterocycles. The first-order chi connectivity index (χ1) is 9.50. The van der Waals surface area contributed by atoms with Crippen LogP contribution in [0.2, 0.25) is 0 Å². The van der Waals surface area contributed by atoms with Gasteiger partial charge in [0.1, 0.15) is 6.04 Å². The normalized spacial score (nSPS) is 13.9. The first-order valence-corrected chi connectivity index (χ1v) is 7.46. The largest absolute Gasteiger partial charge is 0.392 e. The van der Waals surface area contributed by atoms with Crippen molar-refractivity contribution in [3.05, 3.63) is 22.3 Å². The summed E-state index contributed by atoms with van der Waals surface area (Å²) in [7, 11) is 0. The minimum Gasteiger partial charge on any atom is -0.392 e. The van der Waals surface area contributed by atoms with E-state index in [0.29, 0.717) is 10.6 Å². The van der Waals surface area contributed by atoms with Gasteiger partial charge in [-0.2, -0.15) is 5.10 Å². The van der Waals surface area contributed by atoms with Crippen molar-refractivity contribution in [2.45, 2.75) is 26.0 Å². The molecule has 0 aliphatic heterocycles. The average Bonchev–Trinajstić information content (AvgIpc) is 3.03. The van der Waals surface area contributed by atoms with Crippen molar-refractivity contribution in [3.63, 3.8) is 0 Å². The minimum atomic E-state index is -0.583. The van der Waals surface area contributed by atoms with E-state index in [4.69, 9.17) is 12.2 Å². The number of hydrogen-bond donors (Lipinski definition) is 3. The van der Waals surface area contributed by atoms with Crippen molar-refractivity contribution < 1.29 is 9.90 Å². The Bertz CT molecular complexity index is 630. The molecule has 0 aliphatic carbocycles. The Morgan fingerprint density at radius 1 is 1.65 bits per heavy atom. The highest BCUT2D eigenvalue weighted by Gasteiger charge is 2.21. The average molecular weight is 312 g/mol. The molecule has 3 N–H and O–H groups in total. The van der Waals surface area contributed by atoms with E-state index in [0.717, 1.165) is 4.88 Å². The van der Waals surface area contributed by atoms with E-state index in [-0.39, 0.29) is 12.5 Å². The SMILES string of the molecule is C[C@H](O)CNC(=O)[C@H](C)n1c(-c2cccs2)n[nH]c1=S. The Labute approximate surface area is 125 Å². The molecular formula is C12H16N4O2S2. The number of nitrogens with zero attached hydrogens (tertiary/aromatic N) is 2. The van der Waals surface area contributed by atoms with Crippen LogP contribution in [0.4, 0.5) is 0 Å². The van der Waals surface area contributed by atoms with Gasteiger partial charge in [0.05, 0.1) is 11.0 Å². The van der Waals surface area contributed by atoms with Gasteiger partial charge < -0.3 is 10.4 Å². The number of carbonyl (C=O) groups excluding carboxylic acids is 1. The number of aliphatic hydroxyl groups is 1. The summed E-state index contributed by atoms with van der Waals surface area (Å²) < 4.78 is 2.08. The molecule has 0 radical (unpaired) electrons. The molecule has 0 saturated carbocycles. The Morgan fingerprint density at radius 2 is 2.40 bits per heavy atom. The third kappa shape index (κ3) is 3.14. The van der Waals surface area contributed by atoms with Gasteiger partial charge >= 0.3 is 0 Å². The molecule has 0 spiro atoms. The van der Waals surface area contributed by atoms with Crippen LogP contribution >= 0.6 is 23.6 Å². The zero-order valence-electron chi connectivity index (χ0n) is 11.2. The molecule has 0 fully saturated rings. The zero-order chi connectivity index (χ0) is 14.7. The maximum atomic E-state index is 12.1. The lowest BCUT2D eigenvalue weighted by Crippen LogP contribution is -2.35.